The van der Waals surface area contributed by atoms with Crippen molar-refractivity contribution in [1.29, 1.82) is 0 Å². The number of non-ortho nitro benzene ring substituents is 1. The second-order valence-corrected chi connectivity index (χ2v) is 7.51. The summed E-state index contributed by atoms with van der Waals surface area (Å²) in [6.07, 6.45) is 1.16. The zero-order valence-electron chi connectivity index (χ0n) is 14.1. The minimum Gasteiger partial charge on any atom is -0.395 e. The zero-order chi connectivity index (χ0) is 18.4. The summed E-state index contributed by atoms with van der Waals surface area (Å²) in [5.41, 5.74) is 0.518. The lowest BCUT2D eigenvalue weighted by Gasteiger charge is -2.41. The molecule has 2 atom stereocenters. The number of aliphatic hydroxyl groups is 2. The Morgan fingerprint density at radius 2 is 2.08 bits per heavy atom. The van der Waals surface area contributed by atoms with Crippen molar-refractivity contribution in [3.05, 3.63) is 39.9 Å². The maximum absolute atomic E-state index is 10.7. The Morgan fingerprint density at radius 3 is 2.64 bits per heavy atom. The molecule has 0 radical (unpaired) electrons. The fraction of sp³-hybridized carbons (Fsp3) is 0.562. The van der Waals surface area contributed by atoms with E-state index in [1.165, 1.54) is 36.0 Å². The number of nitrogens with zero attached hydrogens (tertiary/aromatic N) is 3. The van der Waals surface area contributed by atoms with Crippen LogP contribution in [0, 0.1) is 10.1 Å². The van der Waals surface area contributed by atoms with Gasteiger partial charge in [0.1, 0.15) is 4.32 Å². The highest BCUT2D eigenvalue weighted by atomic mass is 32.2. The molecule has 1 aliphatic rings. The number of nitro benzene ring substituents is 1. The fourth-order valence-electron chi connectivity index (χ4n) is 2.69. The maximum atomic E-state index is 10.7. The van der Waals surface area contributed by atoms with E-state index in [0.29, 0.717) is 18.1 Å². The Hall–Kier alpha value is -1.26. The van der Waals surface area contributed by atoms with Crippen molar-refractivity contribution in [2.24, 2.45) is 0 Å². The normalized spacial score (nSPS) is 18.2. The minimum absolute atomic E-state index is 0.0267. The Balaban J connectivity index is 2.09. The molecule has 138 valence electrons. The average Bonchev–Trinajstić information content (AvgIpc) is 2.62. The number of hydrogen-bond acceptors (Lipinski definition) is 7. The molecule has 9 heteroatoms. The highest BCUT2D eigenvalue weighted by molar-refractivity contribution is 8.22. The lowest BCUT2D eigenvalue weighted by atomic mass is 10.0. The van der Waals surface area contributed by atoms with Gasteiger partial charge in [-0.15, -0.1) is 0 Å². The standard InChI is InChI=1S/C16H23N3O4S2/c1-2-3-8-17-10-18(11-25-16(17)24)14(9-20)15(21)12-4-6-13(7-5-12)19(22)23/h4-7,14-15,20-21H,2-3,8-11H2,1H3/t14?,15-/m1/s1. The van der Waals surface area contributed by atoms with Crippen LogP contribution in [0.5, 0.6) is 0 Å². The summed E-state index contributed by atoms with van der Waals surface area (Å²) in [6.45, 7) is 3.31. The predicted octanol–water partition coefficient (Wildman–Crippen LogP) is 2.34. The summed E-state index contributed by atoms with van der Waals surface area (Å²) in [6, 6.07) is 5.28. The van der Waals surface area contributed by atoms with E-state index in [4.69, 9.17) is 12.2 Å². The molecule has 1 aliphatic heterocycles. The molecule has 0 saturated carbocycles. The van der Waals surface area contributed by atoms with Crippen molar-refractivity contribution in [1.82, 2.24) is 9.80 Å². The molecule has 2 rings (SSSR count). The number of aliphatic hydroxyl groups excluding tert-OH is 2. The summed E-state index contributed by atoms with van der Waals surface area (Å²) in [5, 5.41) is 31.2. The molecule has 0 aromatic heterocycles. The van der Waals surface area contributed by atoms with Crippen LogP contribution in [0.2, 0.25) is 0 Å². The van der Waals surface area contributed by atoms with Crippen molar-refractivity contribution in [2.75, 3.05) is 25.7 Å². The van der Waals surface area contributed by atoms with Crippen LogP contribution in [0.3, 0.4) is 0 Å². The highest BCUT2D eigenvalue weighted by Gasteiger charge is 2.32. The second kappa shape index (κ2) is 9.44. The van der Waals surface area contributed by atoms with Crippen molar-refractivity contribution in [3.8, 4) is 0 Å². The number of thiocarbonyl (C=S) groups is 1. The van der Waals surface area contributed by atoms with E-state index in [1.807, 2.05) is 4.90 Å². The quantitative estimate of drug-likeness (QED) is 0.400. The lowest BCUT2D eigenvalue weighted by Crippen LogP contribution is -2.52. The molecule has 1 aromatic rings. The van der Waals surface area contributed by atoms with E-state index in [9.17, 15) is 20.3 Å². The van der Waals surface area contributed by atoms with Gasteiger partial charge in [-0.25, -0.2) is 0 Å². The SMILES string of the molecule is CCCCN1CN(C(CO)[C@H](O)c2ccc([N+](=O)[O-])cc2)CSC1=S. The fourth-order valence-corrected chi connectivity index (χ4v) is 3.88. The Morgan fingerprint density at radius 1 is 1.40 bits per heavy atom. The minimum atomic E-state index is -0.939. The van der Waals surface area contributed by atoms with Crippen molar-refractivity contribution >= 4 is 34.0 Å². The van der Waals surface area contributed by atoms with Crippen LogP contribution in [0.25, 0.3) is 0 Å². The molecule has 0 spiro atoms. The number of thioether (sulfide) groups is 1. The first-order valence-corrected chi connectivity index (χ1v) is 9.56. The van der Waals surface area contributed by atoms with Gasteiger partial charge in [-0.1, -0.05) is 37.3 Å². The van der Waals surface area contributed by atoms with Gasteiger partial charge in [0.05, 0.1) is 36.2 Å². The molecule has 1 heterocycles. The summed E-state index contributed by atoms with van der Waals surface area (Å²) in [7, 11) is 0. The topological polar surface area (TPSA) is 90.1 Å². The predicted molar refractivity (Wildman–Crippen MR) is 102 cm³/mol. The monoisotopic (exact) mass is 385 g/mol. The largest absolute Gasteiger partial charge is 0.395 e. The smallest absolute Gasteiger partial charge is 0.269 e. The second-order valence-electron chi connectivity index (χ2n) is 5.93. The summed E-state index contributed by atoms with van der Waals surface area (Å²) in [4.78, 5) is 14.3. The third-order valence-corrected chi connectivity index (χ3v) is 5.79. The van der Waals surface area contributed by atoms with Gasteiger partial charge in [-0.05, 0) is 24.1 Å². The Labute approximate surface area is 156 Å². The zero-order valence-corrected chi connectivity index (χ0v) is 15.7. The molecule has 1 unspecified atom stereocenters. The van der Waals surface area contributed by atoms with E-state index in [0.717, 1.165) is 23.7 Å². The molecule has 0 amide bonds. The van der Waals surface area contributed by atoms with Crippen molar-refractivity contribution in [3.63, 3.8) is 0 Å². The van der Waals surface area contributed by atoms with Crippen LogP contribution in [-0.2, 0) is 0 Å². The van der Waals surface area contributed by atoms with Crippen LogP contribution >= 0.6 is 24.0 Å². The molecule has 0 aliphatic carbocycles. The van der Waals surface area contributed by atoms with Gasteiger partial charge in [-0.3, -0.25) is 15.0 Å². The van der Waals surface area contributed by atoms with E-state index in [-0.39, 0.29) is 12.3 Å². The molecule has 0 bridgehead atoms. The number of unbranched alkanes of at least 4 members (excludes halogenated alkanes) is 1. The summed E-state index contributed by atoms with van der Waals surface area (Å²) >= 11 is 6.91. The molecule has 1 fully saturated rings. The first-order chi connectivity index (χ1) is 12.0. The maximum Gasteiger partial charge on any atom is 0.269 e. The third-order valence-electron chi connectivity index (χ3n) is 4.21. The van der Waals surface area contributed by atoms with Gasteiger partial charge in [0.2, 0.25) is 0 Å². The lowest BCUT2D eigenvalue weighted by molar-refractivity contribution is -0.384. The van der Waals surface area contributed by atoms with Gasteiger partial charge in [0, 0.05) is 18.7 Å². The summed E-state index contributed by atoms with van der Waals surface area (Å²) < 4.78 is 0.839. The summed E-state index contributed by atoms with van der Waals surface area (Å²) in [5.74, 6) is 0.594. The highest BCUT2D eigenvalue weighted by Crippen LogP contribution is 2.28. The molecule has 2 N–H and O–H groups in total. The molecule has 1 saturated heterocycles. The van der Waals surface area contributed by atoms with Gasteiger partial charge < -0.3 is 15.1 Å². The Bertz CT molecular complexity index is 600. The Kier molecular flexibility index (Phi) is 7.57. The van der Waals surface area contributed by atoms with Gasteiger partial charge in [-0.2, -0.15) is 0 Å². The van der Waals surface area contributed by atoms with Crippen molar-refractivity contribution < 1.29 is 15.1 Å². The molecule has 1 aromatic carbocycles. The third kappa shape index (κ3) is 5.11. The van der Waals surface area contributed by atoms with E-state index >= 15 is 0 Å². The van der Waals surface area contributed by atoms with Crippen LogP contribution in [-0.4, -0.2) is 61.0 Å². The first kappa shape index (κ1) is 20.1. The molecule has 25 heavy (non-hydrogen) atoms. The van der Waals surface area contributed by atoms with E-state index in [1.54, 1.807) is 0 Å². The number of nitro groups is 1. The van der Waals surface area contributed by atoms with Crippen LogP contribution in [0.4, 0.5) is 5.69 Å². The first-order valence-electron chi connectivity index (χ1n) is 8.17. The van der Waals surface area contributed by atoms with Crippen LogP contribution in [0.15, 0.2) is 24.3 Å². The van der Waals surface area contributed by atoms with Gasteiger partial charge in [0.15, 0.2) is 0 Å². The number of rotatable bonds is 8. The average molecular weight is 386 g/mol. The molecule has 7 nitrogen and oxygen atoms in total. The van der Waals surface area contributed by atoms with Crippen LogP contribution in [0.1, 0.15) is 31.4 Å². The van der Waals surface area contributed by atoms with Gasteiger partial charge >= 0.3 is 0 Å². The van der Waals surface area contributed by atoms with Crippen molar-refractivity contribution in [2.45, 2.75) is 31.9 Å². The number of benzene rings is 1. The van der Waals surface area contributed by atoms with E-state index < -0.39 is 17.1 Å². The van der Waals surface area contributed by atoms with Gasteiger partial charge in [0.25, 0.3) is 5.69 Å². The number of hydrogen-bond donors (Lipinski definition) is 2. The molecular weight excluding hydrogens is 362 g/mol. The van der Waals surface area contributed by atoms with E-state index in [2.05, 4.69) is 11.8 Å². The molecular formula is C16H23N3O4S2. The van der Waals surface area contributed by atoms with Crippen LogP contribution < -0.4 is 0 Å².